The van der Waals surface area contributed by atoms with Gasteiger partial charge in [0.15, 0.2) is 0 Å². The molecule has 4 nitrogen and oxygen atoms in total. The van der Waals surface area contributed by atoms with E-state index in [1.165, 1.54) is 22.3 Å². The van der Waals surface area contributed by atoms with Gasteiger partial charge in [-0.15, -0.1) is 0 Å². The van der Waals surface area contributed by atoms with Gasteiger partial charge in [0.25, 0.3) is 0 Å². The van der Waals surface area contributed by atoms with Crippen molar-refractivity contribution in [1.29, 1.82) is 0 Å². The molecule has 1 fully saturated rings. The Morgan fingerprint density at radius 3 is 2.27 bits per heavy atom. The maximum atomic E-state index is 5.17. The van der Waals surface area contributed by atoms with Gasteiger partial charge in [-0.25, -0.2) is 4.98 Å². The molecule has 1 aromatic heterocycles. The van der Waals surface area contributed by atoms with Crippen molar-refractivity contribution in [2.45, 2.75) is 61.3 Å². The fourth-order valence-electron chi connectivity index (χ4n) is 5.87. The molecule has 208 valence electrons. The lowest BCUT2D eigenvalue weighted by molar-refractivity contribution is 0.0412. The molecule has 0 bridgehead atoms. The van der Waals surface area contributed by atoms with E-state index < -0.39 is 0 Å². The van der Waals surface area contributed by atoms with Crippen LogP contribution in [-0.4, -0.2) is 40.2 Å². The zero-order valence-electron chi connectivity index (χ0n) is 25.4. The third-order valence-electron chi connectivity index (χ3n) is 7.91. The number of allylic oxidation sites excluding steroid dienone is 1. The fourth-order valence-corrected chi connectivity index (χ4v) is 5.87. The highest BCUT2D eigenvalue weighted by atomic mass is 15.2. The second-order valence-corrected chi connectivity index (χ2v) is 11.6. The van der Waals surface area contributed by atoms with Crippen molar-refractivity contribution >= 4 is 17.5 Å². The summed E-state index contributed by atoms with van der Waals surface area (Å²) in [5, 5.41) is 0. The van der Waals surface area contributed by atoms with Crippen LogP contribution in [0.4, 0.5) is 0 Å². The van der Waals surface area contributed by atoms with Gasteiger partial charge in [-0.05, 0) is 72.9 Å². The molecule has 0 radical (unpaired) electrons. The molecule has 4 rings (SSSR count). The van der Waals surface area contributed by atoms with E-state index in [0.29, 0.717) is 5.41 Å². The van der Waals surface area contributed by atoms with E-state index in [2.05, 4.69) is 114 Å². The first kappa shape index (κ1) is 29.4. The minimum Gasteiger partial charge on any atom is -0.298 e. The summed E-state index contributed by atoms with van der Waals surface area (Å²) in [5.74, 6) is 0. The Morgan fingerprint density at radius 2 is 1.68 bits per heavy atom. The minimum atomic E-state index is 0.407. The van der Waals surface area contributed by atoms with Gasteiger partial charge in [0, 0.05) is 36.5 Å². The Kier molecular flexibility index (Phi) is 9.00. The Bertz CT molecular complexity index is 1480. The summed E-state index contributed by atoms with van der Waals surface area (Å²) in [6.07, 6.45) is 7.49. The van der Waals surface area contributed by atoms with Crippen LogP contribution in [0.5, 0.6) is 0 Å². The van der Waals surface area contributed by atoms with E-state index in [1.807, 2.05) is 6.20 Å². The first-order valence-electron chi connectivity index (χ1n) is 14.5. The topological polar surface area (TPSA) is 41.4 Å². The van der Waals surface area contributed by atoms with E-state index in [1.54, 1.807) is 6.08 Å². The quantitative estimate of drug-likeness (QED) is 0.245. The molecule has 0 spiro atoms. The highest BCUT2D eigenvalue weighted by molar-refractivity contribution is 6.03. The molecule has 40 heavy (non-hydrogen) atoms. The molecule has 2 aromatic carbocycles. The molecule has 0 saturated carbocycles. The predicted molar refractivity (Wildman–Crippen MR) is 173 cm³/mol. The van der Waals surface area contributed by atoms with Crippen LogP contribution in [0.3, 0.4) is 0 Å². The molecule has 1 aliphatic heterocycles. The van der Waals surface area contributed by atoms with E-state index >= 15 is 0 Å². The van der Waals surface area contributed by atoms with E-state index in [0.717, 1.165) is 77.7 Å². The van der Waals surface area contributed by atoms with Crippen molar-refractivity contribution in [2.24, 2.45) is 10.4 Å². The molecule has 4 heteroatoms. The van der Waals surface area contributed by atoms with Crippen LogP contribution in [0.2, 0.25) is 0 Å². The second-order valence-electron chi connectivity index (χ2n) is 11.6. The Balaban J connectivity index is 1.69. The summed E-state index contributed by atoms with van der Waals surface area (Å²) in [7, 11) is 0. The third-order valence-corrected chi connectivity index (χ3v) is 7.91. The molecule has 0 amide bonds. The van der Waals surface area contributed by atoms with Crippen molar-refractivity contribution in [1.82, 2.24) is 14.9 Å². The number of aryl methyl sites for hydroxylation is 1. The SMILES string of the molecule is C=Cc1nc(-c2cccc(-c3cccc(/C(=C/C)N=C(CC)C(=C)CN4CC(C)(C)C4)c3C)c2C)cnc1CC. The van der Waals surface area contributed by atoms with Crippen molar-refractivity contribution in [2.75, 3.05) is 19.6 Å². The monoisotopic (exact) mass is 532 g/mol. The first-order chi connectivity index (χ1) is 19.1. The molecule has 3 aromatic rings. The lowest BCUT2D eigenvalue weighted by atomic mass is 9.84. The molecule has 0 atom stereocenters. The summed E-state index contributed by atoms with van der Waals surface area (Å²) in [6, 6.07) is 12.9. The van der Waals surface area contributed by atoms with Crippen LogP contribution >= 0.6 is 0 Å². The van der Waals surface area contributed by atoms with Gasteiger partial charge >= 0.3 is 0 Å². The zero-order chi connectivity index (χ0) is 29.0. The number of hydrogen-bond donors (Lipinski definition) is 0. The first-order valence-corrected chi connectivity index (χ1v) is 14.5. The summed E-state index contributed by atoms with van der Waals surface area (Å²) in [4.78, 5) is 17.2. The average molecular weight is 533 g/mol. The minimum absolute atomic E-state index is 0.407. The highest BCUT2D eigenvalue weighted by Gasteiger charge is 2.34. The van der Waals surface area contributed by atoms with Gasteiger partial charge in [-0.1, -0.05) is 83.3 Å². The van der Waals surface area contributed by atoms with Crippen molar-refractivity contribution in [3.63, 3.8) is 0 Å². The normalized spacial score (nSPS) is 15.6. The molecule has 0 unspecified atom stereocenters. The Morgan fingerprint density at radius 1 is 1.02 bits per heavy atom. The molecule has 0 aliphatic carbocycles. The Hall–Kier alpha value is -3.63. The van der Waals surface area contributed by atoms with Crippen LogP contribution < -0.4 is 0 Å². The van der Waals surface area contributed by atoms with Crippen LogP contribution in [0.25, 0.3) is 34.2 Å². The molecule has 1 saturated heterocycles. The highest BCUT2D eigenvalue weighted by Crippen LogP contribution is 2.36. The van der Waals surface area contributed by atoms with Gasteiger partial charge in [0.05, 0.1) is 29.0 Å². The number of nitrogens with zero attached hydrogens (tertiary/aromatic N) is 4. The number of benzene rings is 2. The molecule has 0 N–H and O–H groups in total. The largest absolute Gasteiger partial charge is 0.298 e. The van der Waals surface area contributed by atoms with Gasteiger partial charge in [0.1, 0.15) is 0 Å². The van der Waals surface area contributed by atoms with Gasteiger partial charge in [-0.3, -0.25) is 14.9 Å². The lowest BCUT2D eigenvalue weighted by Crippen LogP contribution is -2.53. The van der Waals surface area contributed by atoms with Gasteiger partial charge in [0.2, 0.25) is 0 Å². The fraction of sp³-hybridized carbons (Fsp3) is 0.361. The Labute approximate surface area is 241 Å². The average Bonchev–Trinajstić information content (AvgIpc) is 2.93. The zero-order valence-corrected chi connectivity index (χ0v) is 25.4. The summed E-state index contributed by atoms with van der Waals surface area (Å²) in [6.45, 7) is 26.8. The molecule has 2 heterocycles. The number of hydrogen-bond acceptors (Lipinski definition) is 4. The van der Waals surface area contributed by atoms with Crippen LogP contribution in [0.15, 0.2) is 72.4 Å². The van der Waals surface area contributed by atoms with E-state index in [9.17, 15) is 0 Å². The third kappa shape index (κ3) is 6.08. The smallest absolute Gasteiger partial charge is 0.0895 e. The number of likely N-dealkylation sites (tertiary alicyclic amines) is 1. The maximum absolute atomic E-state index is 5.17. The molecular weight excluding hydrogens is 488 g/mol. The second kappa shape index (κ2) is 12.3. The van der Waals surface area contributed by atoms with Crippen molar-refractivity contribution in [3.05, 3.63) is 95.5 Å². The van der Waals surface area contributed by atoms with Crippen LogP contribution in [0.1, 0.15) is 69.1 Å². The van der Waals surface area contributed by atoms with Gasteiger partial charge < -0.3 is 0 Å². The van der Waals surface area contributed by atoms with Crippen molar-refractivity contribution in [3.8, 4) is 22.4 Å². The summed E-state index contributed by atoms with van der Waals surface area (Å²) >= 11 is 0. The summed E-state index contributed by atoms with van der Waals surface area (Å²) < 4.78 is 0. The number of rotatable bonds is 10. The molecule has 1 aliphatic rings. The van der Waals surface area contributed by atoms with Crippen molar-refractivity contribution < 1.29 is 0 Å². The summed E-state index contributed by atoms with van der Waals surface area (Å²) in [5.41, 5.74) is 13.3. The maximum Gasteiger partial charge on any atom is 0.0895 e. The number of aliphatic imine (C=N–C) groups is 1. The van der Waals surface area contributed by atoms with Crippen LogP contribution in [-0.2, 0) is 6.42 Å². The lowest BCUT2D eigenvalue weighted by Gasteiger charge is -2.46. The number of aromatic nitrogens is 2. The molecular formula is C36H44N4. The standard InChI is InChI=1S/C36H44N4/c1-10-31(24(5)21-40-22-36(8,9)23-40)38-32(11-2)29-18-14-16-27(25(29)6)28-17-15-19-30(26(28)7)35-20-37-33(12-3)34(13-4)39-35/h11,13-20H,4-5,10,12,21-23H2,1-3,6-9H3/b32-11-,38-31?. The van der Waals surface area contributed by atoms with Gasteiger partial charge in [-0.2, -0.15) is 0 Å². The van der Waals surface area contributed by atoms with E-state index in [4.69, 9.17) is 9.98 Å². The predicted octanol–water partition coefficient (Wildman–Crippen LogP) is 8.74. The van der Waals surface area contributed by atoms with E-state index in [-0.39, 0.29) is 0 Å². The van der Waals surface area contributed by atoms with Crippen LogP contribution in [0, 0.1) is 19.3 Å².